The average molecular weight is 304 g/mol. The molecule has 1 aromatic carbocycles. The third kappa shape index (κ3) is 4.20. The van der Waals surface area contributed by atoms with Gasteiger partial charge in [0, 0.05) is 18.7 Å². The minimum Gasteiger partial charge on any atom is -0.339 e. The maximum atomic E-state index is 12.2. The molecule has 1 rings (SSSR count). The Balaban J connectivity index is 3.06. The molecule has 0 aliphatic heterocycles. The summed E-state index contributed by atoms with van der Waals surface area (Å²) in [6.07, 6.45) is 0. The van der Waals surface area contributed by atoms with E-state index in [1.54, 1.807) is 35.2 Å². The Morgan fingerprint density at radius 1 is 1.33 bits per heavy atom. The van der Waals surface area contributed by atoms with Gasteiger partial charge in [-0.3, -0.25) is 10.2 Å². The first-order valence-corrected chi connectivity index (χ1v) is 6.67. The van der Waals surface area contributed by atoms with Gasteiger partial charge >= 0.3 is 0 Å². The largest absolute Gasteiger partial charge is 0.339 e. The summed E-state index contributed by atoms with van der Waals surface area (Å²) in [5, 5.41) is 21.2. The lowest BCUT2D eigenvalue weighted by molar-refractivity contribution is 0.0773. The summed E-state index contributed by atoms with van der Waals surface area (Å²) < 4.78 is 0. The van der Waals surface area contributed by atoms with Gasteiger partial charge in [-0.25, -0.2) is 0 Å². The Morgan fingerprint density at radius 2 is 1.95 bits per heavy atom. The zero-order valence-electron chi connectivity index (χ0n) is 11.7. The van der Waals surface area contributed by atoms with E-state index in [1.807, 2.05) is 13.8 Å². The van der Waals surface area contributed by atoms with Crippen molar-refractivity contribution >= 4 is 28.9 Å². The number of hydrazone groups is 1. The van der Waals surface area contributed by atoms with Crippen molar-refractivity contribution in [1.29, 1.82) is 10.5 Å². The first kappa shape index (κ1) is 16.5. The van der Waals surface area contributed by atoms with Gasteiger partial charge in [-0.05, 0) is 32.0 Å². The van der Waals surface area contributed by atoms with Crippen LogP contribution < -0.4 is 5.43 Å². The van der Waals surface area contributed by atoms with Gasteiger partial charge in [0.2, 0.25) is 5.71 Å². The first-order chi connectivity index (χ1) is 10.1. The number of hydrogen-bond donors (Lipinski definition) is 1. The number of halogens is 1. The second kappa shape index (κ2) is 7.88. The number of hydrogen-bond acceptors (Lipinski definition) is 5. The van der Waals surface area contributed by atoms with Crippen molar-refractivity contribution in [3.63, 3.8) is 0 Å². The lowest BCUT2D eigenvalue weighted by Gasteiger charge is -2.19. The SMILES string of the molecule is CCN(CC)C(=O)c1ccc(Cl)c(NN=C(C#N)C#N)c1. The van der Waals surface area contributed by atoms with E-state index in [0.717, 1.165) is 0 Å². The van der Waals surface area contributed by atoms with Crippen LogP contribution in [0.2, 0.25) is 5.02 Å². The molecule has 21 heavy (non-hydrogen) atoms. The summed E-state index contributed by atoms with van der Waals surface area (Å²) in [5.74, 6) is -0.121. The molecule has 0 aliphatic carbocycles. The number of rotatable bonds is 5. The molecular weight excluding hydrogens is 290 g/mol. The van der Waals surface area contributed by atoms with Gasteiger partial charge in [0.1, 0.15) is 12.1 Å². The predicted octanol–water partition coefficient (Wildman–Crippen LogP) is 2.64. The van der Waals surface area contributed by atoms with Crippen LogP contribution in [-0.4, -0.2) is 29.6 Å². The summed E-state index contributed by atoms with van der Waals surface area (Å²) in [6, 6.07) is 7.97. The first-order valence-electron chi connectivity index (χ1n) is 6.30. The van der Waals surface area contributed by atoms with Crippen LogP contribution in [0.5, 0.6) is 0 Å². The molecule has 0 heterocycles. The quantitative estimate of drug-likeness (QED) is 0.668. The van der Waals surface area contributed by atoms with E-state index >= 15 is 0 Å². The second-order valence-electron chi connectivity index (χ2n) is 3.97. The zero-order chi connectivity index (χ0) is 15.8. The normalized spacial score (nSPS) is 9.19. The standard InChI is InChI=1S/C14H14ClN5O/c1-3-20(4-2)14(21)10-5-6-12(15)13(7-10)19-18-11(8-16)9-17/h5-7,19H,3-4H2,1-2H3. The fraction of sp³-hybridized carbons (Fsp3) is 0.286. The molecule has 6 nitrogen and oxygen atoms in total. The van der Waals surface area contributed by atoms with Crippen LogP contribution in [0.3, 0.4) is 0 Å². The van der Waals surface area contributed by atoms with Crippen LogP contribution >= 0.6 is 11.6 Å². The highest BCUT2D eigenvalue weighted by molar-refractivity contribution is 6.33. The number of carbonyl (C=O) groups is 1. The van der Waals surface area contributed by atoms with Crippen molar-refractivity contribution < 1.29 is 4.79 Å². The van der Waals surface area contributed by atoms with Crippen LogP contribution in [0.25, 0.3) is 0 Å². The molecule has 7 heteroatoms. The second-order valence-corrected chi connectivity index (χ2v) is 4.38. The Bertz CT molecular complexity index is 622. The number of nitriles is 2. The van der Waals surface area contributed by atoms with Crippen LogP contribution in [0.15, 0.2) is 23.3 Å². The monoisotopic (exact) mass is 303 g/mol. The third-order valence-electron chi connectivity index (χ3n) is 2.76. The van der Waals surface area contributed by atoms with Crippen molar-refractivity contribution in [3.8, 4) is 12.1 Å². The van der Waals surface area contributed by atoms with Gasteiger partial charge < -0.3 is 4.90 Å². The fourth-order valence-corrected chi connectivity index (χ4v) is 1.79. The predicted molar refractivity (Wildman–Crippen MR) is 81.0 cm³/mol. The number of amides is 1. The molecule has 0 bridgehead atoms. The molecule has 1 N–H and O–H groups in total. The Hall–Kier alpha value is -2.57. The molecule has 0 radical (unpaired) electrons. The van der Waals surface area contributed by atoms with E-state index in [9.17, 15) is 4.79 Å². The van der Waals surface area contributed by atoms with E-state index in [-0.39, 0.29) is 11.6 Å². The number of nitrogens with zero attached hydrogens (tertiary/aromatic N) is 4. The van der Waals surface area contributed by atoms with Crippen molar-refractivity contribution in [2.75, 3.05) is 18.5 Å². The van der Waals surface area contributed by atoms with Gasteiger partial charge in [-0.2, -0.15) is 15.6 Å². The van der Waals surface area contributed by atoms with Crippen molar-refractivity contribution in [3.05, 3.63) is 28.8 Å². The van der Waals surface area contributed by atoms with E-state index in [1.165, 1.54) is 0 Å². The molecule has 0 saturated carbocycles. The third-order valence-corrected chi connectivity index (χ3v) is 3.09. The molecule has 0 unspecified atom stereocenters. The smallest absolute Gasteiger partial charge is 0.253 e. The fourth-order valence-electron chi connectivity index (χ4n) is 1.63. The summed E-state index contributed by atoms with van der Waals surface area (Å²) in [4.78, 5) is 13.9. The molecule has 0 saturated heterocycles. The molecule has 0 atom stereocenters. The highest BCUT2D eigenvalue weighted by Gasteiger charge is 2.14. The van der Waals surface area contributed by atoms with E-state index in [0.29, 0.717) is 29.4 Å². The van der Waals surface area contributed by atoms with Gasteiger partial charge in [0.15, 0.2) is 0 Å². The average Bonchev–Trinajstić information content (AvgIpc) is 2.51. The molecule has 1 amide bonds. The summed E-state index contributed by atoms with van der Waals surface area (Å²) >= 11 is 6.00. The summed E-state index contributed by atoms with van der Waals surface area (Å²) in [6.45, 7) is 5.00. The molecular formula is C14H14ClN5O. The van der Waals surface area contributed by atoms with Gasteiger partial charge in [-0.1, -0.05) is 11.6 Å². The van der Waals surface area contributed by atoms with E-state index < -0.39 is 0 Å². The van der Waals surface area contributed by atoms with Gasteiger partial charge in [-0.15, -0.1) is 0 Å². The van der Waals surface area contributed by atoms with Crippen LogP contribution in [0.1, 0.15) is 24.2 Å². The number of nitrogens with one attached hydrogen (secondary N) is 1. The van der Waals surface area contributed by atoms with Gasteiger partial charge in [0.25, 0.3) is 5.91 Å². The molecule has 1 aromatic rings. The zero-order valence-corrected chi connectivity index (χ0v) is 12.5. The Kier molecular flexibility index (Phi) is 6.19. The summed E-state index contributed by atoms with van der Waals surface area (Å²) in [7, 11) is 0. The van der Waals surface area contributed by atoms with Crippen LogP contribution in [0.4, 0.5) is 5.69 Å². The van der Waals surface area contributed by atoms with Crippen molar-refractivity contribution in [2.45, 2.75) is 13.8 Å². The number of carbonyl (C=O) groups excluding carboxylic acids is 1. The lowest BCUT2D eigenvalue weighted by atomic mass is 10.1. The molecule has 108 valence electrons. The minimum atomic E-state index is -0.327. The molecule has 0 aliphatic rings. The molecule has 0 aromatic heterocycles. The topological polar surface area (TPSA) is 92.3 Å². The minimum absolute atomic E-state index is 0.121. The van der Waals surface area contributed by atoms with E-state index in [4.69, 9.17) is 22.1 Å². The highest BCUT2D eigenvalue weighted by Crippen LogP contribution is 2.23. The van der Waals surface area contributed by atoms with Crippen LogP contribution in [-0.2, 0) is 0 Å². The number of benzene rings is 1. The maximum absolute atomic E-state index is 12.2. The Morgan fingerprint density at radius 3 is 2.48 bits per heavy atom. The van der Waals surface area contributed by atoms with Crippen LogP contribution in [0, 0.1) is 22.7 Å². The maximum Gasteiger partial charge on any atom is 0.253 e. The lowest BCUT2D eigenvalue weighted by Crippen LogP contribution is -2.30. The van der Waals surface area contributed by atoms with Crippen molar-refractivity contribution in [1.82, 2.24) is 4.90 Å². The van der Waals surface area contributed by atoms with E-state index in [2.05, 4.69) is 10.5 Å². The molecule has 0 spiro atoms. The highest BCUT2D eigenvalue weighted by atomic mass is 35.5. The summed E-state index contributed by atoms with van der Waals surface area (Å²) in [5.41, 5.74) is 3.01. The van der Waals surface area contributed by atoms with Gasteiger partial charge in [0.05, 0.1) is 10.7 Å². The molecule has 0 fully saturated rings. The van der Waals surface area contributed by atoms with Crippen molar-refractivity contribution in [2.24, 2.45) is 5.10 Å². The number of anilines is 1. The Labute approximate surface area is 128 Å².